The van der Waals surface area contributed by atoms with Crippen LogP contribution in [-0.4, -0.2) is 31.1 Å². The van der Waals surface area contributed by atoms with Crippen molar-refractivity contribution in [1.29, 1.82) is 0 Å². The molecule has 2 heterocycles. The first-order valence-corrected chi connectivity index (χ1v) is 10.4. The van der Waals surface area contributed by atoms with Gasteiger partial charge in [0.05, 0.1) is 18.8 Å². The normalized spacial score (nSPS) is 18.5. The summed E-state index contributed by atoms with van der Waals surface area (Å²) in [5.41, 5.74) is 1.89. The van der Waals surface area contributed by atoms with Crippen molar-refractivity contribution in [3.8, 4) is 11.5 Å². The molecule has 0 bridgehead atoms. The van der Waals surface area contributed by atoms with Gasteiger partial charge in [0.15, 0.2) is 0 Å². The van der Waals surface area contributed by atoms with E-state index >= 15 is 0 Å². The first kappa shape index (κ1) is 19.4. The lowest BCUT2D eigenvalue weighted by Gasteiger charge is -2.38. The van der Waals surface area contributed by atoms with E-state index in [0.29, 0.717) is 23.5 Å². The van der Waals surface area contributed by atoms with Gasteiger partial charge in [0, 0.05) is 29.0 Å². The molecular weight excluding hydrogens is 392 g/mol. The minimum Gasteiger partial charge on any atom is -0.497 e. The molecule has 0 fully saturated rings. The molecule has 3 aromatic rings. The van der Waals surface area contributed by atoms with E-state index in [1.807, 2.05) is 68.4 Å². The number of rotatable bonds is 4. The summed E-state index contributed by atoms with van der Waals surface area (Å²) in [6.45, 7) is 3.96. The summed E-state index contributed by atoms with van der Waals surface area (Å²) in [6.07, 6.45) is 0.627. The molecule has 158 valence electrons. The Morgan fingerprint density at radius 1 is 1.19 bits per heavy atom. The zero-order chi connectivity index (χ0) is 21.8. The maximum atomic E-state index is 13.1. The van der Waals surface area contributed by atoms with Gasteiger partial charge in [-0.15, -0.1) is 0 Å². The standard InChI is InChI=1S/C25H24N2O4/c1-25(2)13-19(17-11-10-16(30-3)12-21(17)31-25)26-22(28)14-27-20-9-5-7-15-6-4-8-18(23(15)20)24(27)29/h4-12,19H,13-14H2,1-3H3,(H,26,28)/t19-/m1/s1. The van der Waals surface area contributed by atoms with Crippen LogP contribution < -0.4 is 19.7 Å². The molecule has 2 aliphatic rings. The molecule has 6 nitrogen and oxygen atoms in total. The van der Waals surface area contributed by atoms with Gasteiger partial charge in [0.25, 0.3) is 5.91 Å². The van der Waals surface area contributed by atoms with Crippen LogP contribution in [0.3, 0.4) is 0 Å². The van der Waals surface area contributed by atoms with E-state index in [-0.39, 0.29) is 24.4 Å². The summed E-state index contributed by atoms with van der Waals surface area (Å²) in [6, 6.07) is 16.9. The van der Waals surface area contributed by atoms with Gasteiger partial charge in [-0.3, -0.25) is 14.5 Å². The molecule has 0 spiro atoms. The van der Waals surface area contributed by atoms with Crippen molar-refractivity contribution in [2.24, 2.45) is 0 Å². The highest BCUT2D eigenvalue weighted by Crippen LogP contribution is 2.41. The van der Waals surface area contributed by atoms with Gasteiger partial charge in [-0.2, -0.15) is 0 Å². The van der Waals surface area contributed by atoms with Crippen LogP contribution in [0, 0.1) is 0 Å². The highest BCUT2D eigenvalue weighted by atomic mass is 16.5. The molecule has 0 saturated carbocycles. The highest BCUT2D eigenvalue weighted by molar-refractivity contribution is 6.26. The molecule has 6 heteroatoms. The summed E-state index contributed by atoms with van der Waals surface area (Å²) in [7, 11) is 1.61. The highest BCUT2D eigenvalue weighted by Gasteiger charge is 2.36. The second kappa shape index (κ2) is 7.01. The van der Waals surface area contributed by atoms with E-state index in [9.17, 15) is 9.59 Å². The quantitative estimate of drug-likeness (QED) is 0.691. The Hall–Kier alpha value is -3.54. The van der Waals surface area contributed by atoms with Crippen molar-refractivity contribution in [2.75, 3.05) is 18.6 Å². The van der Waals surface area contributed by atoms with Crippen molar-refractivity contribution in [1.82, 2.24) is 5.32 Å². The fourth-order valence-electron chi connectivity index (χ4n) is 4.61. The van der Waals surface area contributed by atoms with E-state index in [1.165, 1.54) is 0 Å². The number of ether oxygens (including phenoxy) is 2. The minimum atomic E-state index is -0.442. The molecule has 3 aromatic carbocycles. The van der Waals surface area contributed by atoms with Crippen molar-refractivity contribution in [3.05, 3.63) is 65.7 Å². The van der Waals surface area contributed by atoms with Crippen molar-refractivity contribution in [2.45, 2.75) is 31.9 Å². The number of benzene rings is 3. The smallest absolute Gasteiger partial charge is 0.259 e. The maximum Gasteiger partial charge on any atom is 0.259 e. The molecule has 2 aliphatic heterocycles. The third-order valence-corrected chi connectivity index (χ3v) is 5.96. The lowest BCUT2D eigenvalue weighted by atomic mass is 9.89. The zero-order valence-electron chi connectivity index (χ0n) is 17.8. The fraction of sp³-hybridized carbons (Fsp3) is 0.280. The predicted octanol–water partition coefficient (Wildman–Crippen LogP) is 4.23. The summed E-state index contributed by atoms with van der Waals surface area (Å²) in [4.78, 5) is 27.6. The van der Waals surface area contributed by atoms with Crippen LogP contribution in [0.4, 0.5) is 5.69 Å². The Morgan fingerprint density at radius 2 is 1.97 bits per heavy atom. The van der Waals surface area contributed by atoms with E-state index in [2.05, 4.69) is 5.32 Å². The van der Waals surface area contributed by atoms with Gasteiger partial charge in [-0.25, -0.2) is 0 Å². The Balaban J connectivity index is 1.40. The number of anilines is 1. The third kappa shape index (κ3) is 3.28. The molecule has 1 N–H and O–H groups in total. The molecule has 5 rings (SSSR count). The van der Waals surface area contributed by atoms with E-state index in [0.717, 1.165) is 22.0 Å². The number of amides is 2. The number of hydrogen-bond acceptors (Lipinski definition) is 4. The Morgan fingerprint density at radius 3 is 2.74 bits per heavy atom. The Bertz CT molecular complexity index is 1210. The van der Waals surface area contributed by atoms with Gasteiger partial charge < -0.3 is 14.8 Å². The number of methoxy groups -OCH3 is 1. The monoisotopic (exact) mass is 416 g/mol. The molecule has 2 amide bonds. The van der Waals surface area contributed by atoms with Crippen molar-refractivity contribution >= 4 is 28.3 Å². The predicted molar refractivity (Wildman–Crippen MR) is 119 cm³/mol. The number of carbonyl (C=O) groups excluding carboxylic acids is 2. The van der Waals surface area contributed by atoms with Crippen LogP contribution in [0.5, 0.6) is 11.5 Å². The number of nitrogens with zero attached hydrogens (tertiary/aromatic N) is 1. The largest absolute Gasteiger partial charge is 0.497 e. The molecule has 0 saturated heterocycles. The molecule has 0 radical (unpaired) electrons. The van der Waals surface area contributed by atoms with Crippen LogP contribution in [0.25, 0.3) is 10.8 Å². The number of fused-ring (bicyclic) bond motifs is 1. The van der Waals surface area contributed by atoms with Gasteiger partial charge >= 0.3 is 0 Å². The summed E-state index contributed by atoms with van der Waals surface area (Å²) in [5.74, 6) is 1.06. The van der Waals surface area contributed by atoms with Gasteiger partial charge in [-0.1, -0.05) is 24.3 Å². The lowest BCUT2D eigenvalue weighted by molar-refractivity contribution is -0.121. The van der Waals surface area contributed by atoms with Crippen molar-refractivity contribution < 1.29 is 19.1 Å². The first-order chi connectivity index (χ1) is 14.9. The molecule has 31 heavy (non-hydrogen) atoms. The van der Waals surface area contributed by atoms with Crippen LogP contribution >= 0.6 is 0 Å². The summed E-state index contributed by atoms with van der Waals surface area (Å²) in [5, 5.41) is 5.03. The average molecular weight is 416 g/mol. The molecule has 1 atom stereocenters. The fourth-order valence-corrected chi connectivity index (χ4v) is 4.61. The average Bonchev–Trinajstić information content (AvgIpc) is 3.00. The second-order valence-electron chi connectivity index (χ2n) is 8.66. The zero-order valence-corrected chi connectivity index (χ0v) is 17.8. The topological polar surface area (TPSA) is 67.9 Å². The number of carbonyl (C=O) groups is 2. The van der Waals surface area contributed by atoms with E-state index in [4.69, 9.17) is 9.47 Å². The van der Waals surface area contributed by atoms with Gasteiger partial charge in [-0.05, 0) is 43.5 Å². The van der Waals surface area contributed by atoms with Crippen LogP contribution in [0.1, 0.15) is 42.2 Å². The second-order valence-corrected chi connectivity index (χ2v) is 8.66. The summed E-state index contributed by atoms with van der Waals surface area (Å²) < 4.78 is 11.4. The Labute approximate surface area is 180 Å². The summed E-state index contributed by atoms with van der Waals surface area (Å²) >= 11 is 0. The molecule has 0 aromatic heterocycles. The number of nitrogens with one attached hydrogen (secondary N) is 1. The molecule has 0 aliphatic carbocycles. The third-order valence-electron chi connectivity index (χ3n) is 5.96. The Kier molecular flexibility index (Phi) is 4.39. The van der Waals surface area contributed by atoms with E-state index in [1.54, 1.807) is 12.0 Å². The first-order valence-electron chi connectivity index (χ1n) is 10.4. The van der Waals surface area contributed by atoms with Gasteiger partial charge in [0.2, 0.25) is 5.91 Å². The van der Waals surface area contributed by atoms with Crippen LogP contribution in [-0.2, 0) is 4.79 Å². The van der Waals surface area contributed by atoms with E-state index < -0.39 is 5.60 Å². The molecule has 0 unspecified atom stereocenters. The lowest BCUT2D eigenvalue weighted by Crippen LogP contribution is -2.45. The van der Waals surface area contributed by atoms with Gasteiger partial charge in [0.1, 0.15) is 23.6 Å². The SMILES string of the molecule is COc1ccc2c(c1)OC(C)(C)C[C@H]2NC(=O)CN1C(=O)c2cccc3cccc1c23. The number of hydrogen-bond donors (Lipinski definition) is 1. The minimum absolute atomic E-state index is 0.0318. The van der Waals surface area contributed by atoms with Crippen LogP contribution in [0.15, 0.2) is 54.6 Å². The van der Waals surface area contributed by atoms with Crippen molar-refractivity contribution in [3.63, 3.8) is 0 Å². The maximum absolute atomic E-state index is 13.1. The molecular formula is C25H24N2O4. The van der Waals surface area contributed by atoms with Crippen LogP contribution in [0.2, 0.25) is 0 Å².